The Bertz CT molecular complexity index is 479. The Morgan fingerprint density at radius 3 is 2.53 bits per heavy atom. The number of piperidine rings is 1. The number of carbonyl (C=O) groups excluding carboxylic acids is 1. The van der Waals surface area contributed by atoms with Crippen molar-refractivity contribution in [3.05, 3.63) is 33.8 Å². The van der Waals surface area contributed by atoms with Gasteiger partial charge in [-0.15, -0.1) is 0 Å². The van der Waals surface area contributed by atoms with Crippen molar-refractivity contribution in [1.82, 2.24) is 10.2 Å². The lowest BCUT2D eigenvalue weighted by Gasteiger charge is -2.39. The van der Waals surface area contributed by atoms with Crippen LogP contribution in [0.3, 0.4) is 0 Å². The maximum atomic E-state index is 12.5. The van der Waals surface area contributed by atoms with Crippen LogP contribution in [-0.4, -0.2) is 36.5 Å². The molecule has 0 radical (unpaired) electrons. The summed E-state index contributed by atoms with van der Waals surface area (Å²) in [5.41, 5.74) is 2.02. The fourth-order valence-electron chi connectivity index (χ4n) is 2.49. The smallest absolute Gasteiger partial charge is 0.254 e. The first-order chi connectivity index (χ1) is 8.95. The molecule has 0 aliphatic carbocycles. The van der Waals surface area contributed by atoms with Gasteiger partial charge < -0.3 is 10.2 Å². The molecular formula is C15H21BrN2O. The molecule has 1 fully saturated rings. The standard InChI is InChI=1S/C15H21BrN2O/c1-11-10-12(16)4-5-13(11)14(19)18-8-6-15(2,17-3)7-9-18/h4-5,10,17H,6-9H2,1-3H3. The molecule has 19 heavy (non-hydrogen) atoms. The van der Waals surface area contributed by atoms with Crippen molar-refractivity contribution in [3.8, 4) is 0 Å². The lowest BCUT2D eigenvalue weighted by Crippen LogP contribution is -2.51. The van der Waals surface area contributed by atoms with Gasteiger partial charge in [0.15, 0.2) is 0 Å². The van der Waals surface area contributed by atoms with Crippen molar-refractivity contribution < 1.29 is 4.79 Å². The van der Waals surface area contributed by atoms with E-state index >= 15 is 0 Å². The Kier molecular flexibility index (Phi) is 4.31. The van der Waals surface area contributed by atoms with Gasteiger partial charge in [-0.1, -0.05) is 15.9 Å². The van der Waals surface area contributed by atoms with E-state index in [0.717, 1.165) is 41.5 Å². The number of nitrogens with zero attached hydrogens (tertiary/aromatic N) is 1. The summed E-state index contributed by atoms with van der Waals surface area (Å²) in [7, 11) is 2.00. The van der Waals surface area contributed by atoms with E-state index in [9.17, 15) is 4.79 Å². The Labute approximate surface area is 123 Å². The number of amides is 1. The first kappa shape index (κ1) is 14.5. The molecule has 1 aliphatic heterocycles. The van der Waals surface area contributed by atoms with Crippen LogP contribution >= 0.6 is 15.9 Å². The summed E-state index contributed by atoms with van der Waals surface area (Å²) in [5, 5.41) is 3.35. The summed E-state index contributed by atoms with van der Waals surface area (Å²) in [6.07, 6.45) is 2.01. The van der Waals surface area contributed by atoms with Crippen LogP contribution in [0.25, 0.3) is 0 Å². The van der Waals surface area contributed by atoms with Gasteiger partial charge in [0.2, 0.25) is 0 Å². The van der Waals surface area contributed by atoms with E-state index in [1.165, 1.54) is 0 Å². The van der Waals surface area contributed by atoms with Crippen molar-refractivity contribution in [1.29, 1.82) is 0 Å². The van der Waals surface area contributed by atoms with Crippen LogP contribution in [0.1, 0.15) is 35.7 Å². The minimum absolute atomic E-state index is 0.156. The quantitative estimate of drug-likeness (QED) is 0.907. The lowest BCUT2D eigenvalue weighted by atomic mass is 9.89. The summed E-state index contributed by atoms with van der Waals surface area (Å²) in [6, 6.07) is 5.84. The third kappa shape index (κ3) is 3.18. The van der Waals surface area contributed by atoms with Crippen LogP contribution < -0.4 is 5.32 Å². The maximum absolute atomic E-state index is 12.5. The zero-order valence-corrected chi connectivity index (χ0v) is 13.4. The third-order valence-corrected chi connectivity index (χ3v) is 4.67. The van der Waals surface area contributed by atoms with E-state index in [1.54, 1.807) is 0 Å². The number of halogens is 1. The number of hydrogen-bond acceptors (Lipinski definition) is 2. The Morgan fingerprint density at radius 1 is 1.37 bits per heavy atom. The molecule has 0 bridgehead atoms. The topological polar surface area (TPSA) is 32.3 Å². The molecule has 1 saturated heterocycles. The second-order valence-corrected chi connectivity index (χ2v) is 6.48. The fraction of sp³-hybridized carbons (Fsp3) is 0.533. The number of nitrogens with one attached hydrogen (secondary N) is 1. The summed E-state index contributed by atoms with van der Waals surface area (Å²) >= 11 is 3.43. The molecule has 4 heteroatoms. The zero-order chi connectivity index (χ0) is 14.0. The van der Waals surface area contributed by atoms with Crippen LogP contribution in [0.2, 0.25) is 0 Å². The second-order valence-electron chi connectivity index (χ2n) is 5.56. The van der Waals surface area contributed by atoms with Crippen LogP contribution in [0, 0.1) is 6.92 Å². The van der Waals surface area contributed by atoms with Gasteiger partial charge in [0.05, 0.1) is 0 Å². The predicted octanol–water partition coefficient (Wildman–Crippen LogP) is 2.97. The summed E-state index contributed by atoms with van der Waals surface area (Å²) in [5.74, 6) is 0.156. The second kappa shape index (κ2) is 5.63. The molecule has 0 aromatic heterocycles. The van der Waals surface area contributed by atoms with Crippen molar-refractivity contribution in [3.63, 3.8) is 0 Å². The number of aryl methyl sites for hydroxylation is 1. The van der Waals surface area contributed by atoms with E-state index in [1.807, 2.05) is 37.1 Å². The maximum Gasteiger partial charge on any atom is 0.254 e. The van der Waals surface area contributed by atoms with E-state index in [0.29, 0.717) is 0 Å². The molecule has 0 unspecified atom stereocenters. The highest BCUT2D eigenvalue weighted by Gasteiger charge is 2.30. The van der Waals surface area contributed by atoms with Crippen LogP contribution in [0.4, 0.5) is 0 Å². The van der Waals surface area contributed by atoms with Gasteiger partial charge in [-0.25, -0.2) is 0 Å². The molecule has 0 spiro atoms. The molecule has 2 rings (SSSR count). The van der Waals surface area contributed by atoms with Crippen molar-refractivity contribution in [2.75, 3.05) is 20.1 Å². The van der Waals surface area contributed by atoms with Crippen LogP contribution in [0.5, 0.6) is 0 Å². The Balaban J connectivity index is 2.09. The molecule has 3 nitrogen and oxygen atoms in total. The van der Waals surface area contributed by atoms with Gasteiger partial charge in [0.25, 0.3) is 5.91 Å². The highest BCUT2D eigenvalue weighted by Crippen LogP contribution is 2.24. The van der Waals surface area contributed by atoms with Gasteiger partial charge in [-0.05, 0) is 57.5 Å². The van der Waals surface area contributed by atoms with Gasteiger partial charge in [-0.3, -0.25) is 4.79 Å². The number of hydrogen-bond donors (Lipinski definition) is 1. The number of likely N-dealkylation sites (tertiary alicyclic amines) is 1. The van der Waals surface area contributed by atoms with Crippen LogP contribution in [-0.2, 0) is 0 Å². The largest absolute Gasteiger partial charge is 0.339 e. The first-order valence-electron chi connectivity index (χ1n) is 6.69. The van der Waals surface area contributed by atoms with Gasteiger partial charge in [0.1, 0.15) is 0 Å². The average Bonchev–Trinajstić information content (AvgIpc) is 2.39. The summed E-state index contributed by atoms with van der Waals surface area (Å²) < 4.78 is 1.02. The van der Waals surface area contributed by atoms with E-state index in [-0.39, 0.29) is 11.4 Å². The monoisotopic (exact) mass is 324 g/mol. The molecule has 0 atom stereocenters. The zero-order valence-electron chi connectivity index (χ0n) is 11.8. The number of carbonyl (C=O) groups is 1. The van der Waals surface area contributed by atoms with Crippen molar-refractivity contribution in [2.24, 2.45) is 0 Å². The van der Waals surface area contributed by atoms with Crippen molar-refractivity contribution >= 4 is 21.8 Å². The molecule has 1 N–H and O–H groups in total. The molecular weight excluding hydrogens is 304 g/mol. The Hall–Kier alpha value is -0.870. The van der Waals surface area contributed by atoms with Gasteiger partial charge in [0, 0.05) is 28.7 Å². The molecule has 1 aromatic rings. The van der Waals surface area contributed by atoms with E-state index < -0.39 is 0 Å². The van der Waals surface area contributed by atoms with Gasteiger partial charge >= 0.3 is 0 Å². The highest BCUT2D eigenvalue weighted by atomic mass is 79.9. The van der Waals surface area contributed by atoms with E-state index in [4.69, 9.17) is 0 Å². The van der Waals surface area contributed by atoms with Gasteiger partial charge in [-0.2, -0.15) is 0 Å². The number of benzene rings is 1. The SMILES string of the molecule is CNC1(C)CCN(C(=O)c2ccc(Br)cc2C)CC1. The Morgan fingerprint density at radius 2 is 2.00 bits per heavy atom. The number of rotatable bonds is 2. The predicted molar refractivity (Wildman–Crippen MR) is 81.5 cm³/mol. The third-order valence-electron chi connectivity index (χ3n) is 4.18. The molecule has 1 aromatic carbocycles. The normalized spacial score (nSPS) is 18.4. The molecule has 0 saturated carbocycles. The molecule has 104 valence electrons. The highest BCUT2D eigenvalue weighted by molar-refractivity contribution is 9.10. The lowest BCUT2D eigenvalue weighted by molar-refractivity contribution is 0.0661. The summed E-state index contributed by atoms with van der Waals surface area (Å²) in [6.45, 7) is 5.86. The van der Waals surface area contributed by atoms with Crippen LogP contribution in [0.15, 0.2) is 22.7 Å². The average molecular weight is 325 g/mol. The molecule has 1 amide bonds. The van der Waals surface area contributed by atoms with E-state index in [2.05, 4.69) is 28.2 Å². The first-order valence-corrected chi connectivity index (χ1v) is 7.49. The molecule has 1 heterocycles. The minimum atomic E-state index is 0.156. The minimum Gasteiger partial charge on any atom is -0.339 e. The fourth-order valence-corrected chi connectivity index (χ4v) is 2.97. The summed E-state index contributed by atoms with van der Waals surface area (Å²) in [4.78, 5) is 14.5. The molecule has 1 aliphatic rings. The van der Waals surface area contributed by atoms with Crippen molar-refractivity contribution in [2.45, 2.75) is 32.2 Å².